The summed E-state index contributed by atoms with van der Waals surface area (Å²) in [7, 11) is 0. The van der Waals surface area contributed by atoms with Crippen molar-refractivity contribution < 1.29 is 9.90 Å². The predicted molar refractivity (Wildman–Crippen MR) is 163 cm³/mol. The van der Waals surface area contributed by atoms with Crippen LogP contribution in [0, 0.1) is 0 Å². The summed E-state index contributed by atoms with van der Waals surface area (Å²) in [4.78, 5) is 10.9. The molecule has 0 bridgehead atoms. The van der Waals surface area contributed by atoms with Crippen molar-refractivity contribution >= 4 is 5.97 Å². The maximum absolute atomic E-state index is 10.9. The van der Waals surface area contributed by atoms with Crippen molar-refractivity contribution in [3.05, 3.63) is 162 Å². The zero-order valence-electron chi connectivity index (χ0n) is 22.8. The molecule has 0 saturated heterocycles. The third kappa shape index (κ3) is 5.09. The molecule has 6 aromatic rings. The maximum Gasteiger partial charge on any atom is 0.317 e. The quantitative estimate of drug-likeness (QED) is 0.202. The molecule has 42 heavy (non-hydrogen) atoms. The molecular formula is C35H29N5O2. The van der Waals surface area contributed by atoms with E-state index in [9.17, 15) is 4.79 Å². The van der Waals surface area contributed by atoms with Gasteiger partial charge in [-0.05, 0) is 43.8 Å². The van der Waals surface area contributed by atoms with Gasteiger partial charge in [0.05, 0.1) is 6.54 Å². The molecule has 1 heterocycles. The van der Waals surface area contributed by atoms with Crippen LogP contribution in [-0.2, 0) is 16.9 Å². The molecule has 0 aliphatic carbocycles. The van der Waals surface area contributed by atoms with E-state index in [2.05, 4.69) is 58.1 Å². The summed E-state index contributed by atoms with van der Waals surface area (Å²) in [5.74, 6) is -0.245. The van der Waals surface area contributed by atoms with Crippen molar-refractivity contribution in [1.82, 2.24) is 25.5 Å². The smallest absolute Gasteiger partial charge is 0.317 e. The summed E-state index contributed by atoms with van der Waals surface area (Å²) in [6.45, 7) is 0.388. The van der Waals surface area contributed by atoms with E-state index in [1.807, 2.05) is 102 Å². The fraction of sp³-hybridized carbons (Fsp3) is 0.0857. The number of hydrogen-bond acceptors (Lipinski definition) is 5. The number of nitrogens with one attached hydrogen (secondary N) is 1. The van der Waals surface area contributed by atoms with Gasteiger partial charge in [-0.2, -0.15) is 0 Å². The molecule has 2 N–H and O–H groups in total. The van der Waals surface area contributed by atoms with Gasteiger partial charge >= 0.3 is 5.97 Å². The Morgan fingerprint density at radius 3 is 1.69 bits per heavy atom. The highest BCUT2D eigenvalue weighted by atomic mass is 16.4. The summed E-state index contributed by atoms with van der Waals surface area (Å²) in [5, 5.41) is 25.4. The number of carboxylic acids is 1. The molecule has 7 nitrogen and oxygen atoms in total. The van der Waals surface area contributed by atoms with Crippen LogP contribution in [0.4, 0.5) is 0 Å². The van der Waals surface area contributed by atoms with Gasteiger partial charge in [-0.3, -0.25) is 4.79 Å². The van der Waals surface area contributed by atoms with E-state index >= 15 is 0 Å². The first-order valence-electron chi connectivity index (χ1n) is 13.7. The monoisotopic (exact) mass is 551 g/mol. The minimum absolute atomic E-state index is 0.0841. The Kier molecular flexibility index (Phi) is 7.66. The van der Waals surface area contributed by atoms with Crippen LogP contribution in [0.25, 0.3) is 22.5 Å². The fourth-order valence-corrected chi connectivity index (χ4v) is 5.53. The third-order valence-corrected chi connectivity index (χ3v) is 7.40. The van der Waals surface area contributed by atoms with E-state index < -0.39 is 11.5 Å². The lowest BCUT2D eigenvalue weighted by molar-refractivity contribution is -0.136. The van der Waals surface area contributed by atoms with E-state index in [0.717, 1.165) is 38.9 Å². The summed E-state index contributed by atoms with van der Waals surface area (Å²) in [6.07, 6.45) is 0. The second-order valence-corrected chi connectivity index (χ2v) is 9.96. The third-order valence-electron chi connectivity index (χ3n) is 7.40. The Morgan fingerprint density at radius 1 is 0.667 bits per heavy atom. The van der Waals surface area contributed by atoms with Gasteiger partial charge in [-0.15, -0.1) is 5.10 Å². The van der Waals surface area contributed by atoms with E-state index in [4.69, 9.17) is 10.3 Å². The Labute approximate surface area is 244 Å². The number of nitrogens with zero attached hydrogens (tertiary/aromatic N) is 4. The molecule has 5 aromatic carbocycles. The van der Waals surface area contributed by atoms with Crippen LogP contribution >= 0.6 is 0 Å². The second kappa shape index (κ2) is 12.0. The molecule has 7 heteroatoms. The predicted octanol–water partition coefficient (Wildman–Crippen LogP) is 6.02. The molecule has 0 aliphatic heterocycles. The number of carbonyl (C=O) groups is 1. The van der Waals surface area contributed by atoms with Crippen LogP contribution in [0.2, 0.25) is 0 Å². The summed E-state index contributed by atoms with van der Waals surface area (Å²) < 4.78 is 1.94. The summed E-state index contributed by atoms with van der Waals surface area (Å²) in [5.41, 5.74) is 6.14. The van der Waals surface area contributed by atoms with Crippen molar-refractivity contribution in [3.8, 4) is 22.5 Å². The number of tetrazole rings is 1. The second-order valence-electron chi connectivity index (χ2n) is 9.96. The first-order valence-corrected chi connectivity index (χ1v) is 13.7. The highest BCUT2D eigenvalue weighted by Crippen LogP contribution is 2.43. The summed E-state index contributed by atoms with van der Waals surface area (Å²) in [6, 6.07) is 47.2. The van der Waals surface area contributed by atoms with E-state index in [-0.39, 0.29) is 6.54 Å². The lowest BCUT2D eigenvalue weighted by Gasteiger charge is -2.36. The molecule has 0 radical (unpaired) electrons. The van der Waals surface area contributed by atoms with E-state index in [1.165, 1.54) is 0 Å². The Hall–Kier alpha value is -5.40. The lowest BCUT2D eigenvalue weighted by Crippen LogP contribution is -2.39. The van der Waals surface area contributed by atoms with Gasteiger partial charge in [0, 0.05) is 12.1 Å². The van der Waals surface area contributed by atoms with Crippen LogP contribution in [0.3, 0.4) is 0 Å². The molecule has 0 spiro atoms. The number of rotatable bonds is 10. The van der Waals surface area contributed by atoms with Gasteiger partial charge in [-0.1, -0.05) is 140 Å². The van der Waals surface area contributed by atoms with Crippen molar-refractivity contribution in [2.24, 2.45) is 0 Å². The Bertz CT molecular complexity index is 1670. The maximum atomic E-state index is 10.9. The fourth-order valence-electron chi connectivity index (χ4n) is 5.53. The molecule has 1 aromatic heterocycles. The average molecular weight is 552 g/mol. The highest BCUT2D eigenvalue weighted by molar-refractivity contribution is 5.81. The minimum Gasteiger partial charge on any atom is -0.480 e. The van der Waals surface area contributed by atoms with E-state index in [1.54, 1.807) is 0 Å². The normalized spacial score (nSPS) is 11.3. The van der Waals surface area contributed by atoms with Gasteiger partial charge < -0.3 is 10.4 Å². The SMILES string of the molecule is O=C(O)CNCc1ccc(-c2ccccc2-c2nnnn2C(c2ccccc2)(c2ccccc2)c2ccccc2)cc1. The zero-order chi connectivity index (χ0) is 28.8. The number of hydrogen-bond donors (Lipinski definition) is 2. The van der Waals surface area contributed by atoms with Crippen LogP contribution < -0.4 is 5.32 Å². The van der Waals surface area contributed by atoms with E-state index in [0.29, 0.717) is 12.4 Å². The standard InChI is InChI=1S/C35H29N5O2/c41-33(42)25-36-24-26-20-22-27(23-21-26)31-18-10-11-19-32(31)34-37-38-39-40(34)35(28-12-4-1-5-13-28,29-14-6-2-7-15-29)30-16-8-3-9-17-30/h1-23,36H,24-25H2,(H,41,42). The Morgan fingerprint density at radius 2 is 1.17 bits per heavy atom. The topological polar surface area (TPSA) is 92.9 Å². The number of benzene rings is 5. The molecule has 206 valence electrons. The molecule has 0 unspecified atom stereocenters. The number of aliphatic carboxylic acids is 1. The van der Waals surface area contributed by atoms with Crippen molar-refractivity contribution in [2.45, 2.75) is 12.1 Å². The van der Waals surface area contributed by atoms with Crippen LogP contribution in [-0.4, -0.2) is 37.8 Å². The molecule has 0 atom stereocenters. The molecular weight excluding hydrogens is 522 g/mol. The average Bonchev–Trinajstić information content (AvgIpc) is 3.53. The molecule has 6 rings (SSSR count). The van der Waals surface area contributed by atoms with Crippen LogP contribution in [0.5, 0.6) is 0 Å². The summed E-state index contributed by atoms with van der Waals surface area (Å²) >= 11 is 0. The van der Waals surface area contributed by atoms with Gasteiger partial charge in [0.2, 0.25) is 0 Å². The van der Waals surface area contributed by atoms with Crippen LogP contribution in [0.1, 0.15) is 22.3 Å². The molecule has 0 aliphatic rings. The number of carboxylic acid groups (broad SMARTS) is 1. The largest absolute Gasteiger partial charge is 0.480 e. The van der Waals surface area contributed by atoms with Crippen molar-refractivity contribution in [1.29, 1.82) is 0 Å². The Balaban J connectivity index is 1.53. The van der Waals surface area contributed by atoms with Crippen LogP contribution in [0.15, 0.2) is 140 Å². The van der Waals surface area contributed by atoms with Crippen molar-refractivity contribution in [2.75, 3.05) is 6.54 Å². The van der Waals surface area contributed by atoms with Gasteiger partial charge in [0.15, 0.2) is 5.82 Å². The first-order chi connectivity index (χ1) is 20.7. The van der Waals surface area contributed by atoms with Gasteiger partial charge in [-0.25, -0.2) is 4.68 Å². The molecule has 0 saturated carbocycles. The minimum atomic E-state index is -0.879. The van der Waals surface area contributed by atoms with Crippen molar-refractivity contribution in [3.63, 3.8) is 0 Å². The zero-order valence-corrected chi connectivity index (χ0v) is 22.8. The van der Waals surface area contributed by atoms with Gasteiger partial charge in [0.25, 0.3) is 0 Å². The number of aromatic nitrogens is 4. The highest BCUT2D eigenvalue weighted by Gasteiger charge is 2.42. The van der Waals surface area contributed by atoms with Gasteiger partial charge in [0.1, 0.15) is 5.54 Å². The lowest BCUT2D eigenvalue weighted by atomic mass is 9.77. The molecule has 0 amide bonds. The first kappa shape index (κ1) is 26.8. The molecule has 0 fully saturated rings.